The molecule has 2 nitrogen and oxygen atoms in total. The van der Waals surface area contributed by atoms with E-state index in [9.17, 15) is 0 Å². The van der Waals surface area contributed by atoms with Gasteiger partial charge in [0.25, 0.3) is 0 Å². The van der Waals surface area contributed by atoms with E-state index in [4.69, 9.17) is 0 Å². The fourth-order valence-corrected chi connectivity index (χ4v) is 2.73. The molecule has 0 radical (unpaired) electrons. The molecule has 2 heteroatoms. The molecule has 1 N–H and O–H groups in total. The third kappa shape index (κ3) is 4.19. The highest BCUT2D eigenvalue weighted by Gasteiger charge is 2.32. The largest absolute Gasteiger partial charge is 0.311 e. The topological polar surface area (TPSA) is 15.3 Å². The summed E-state index contributed by atoms with van der Waals surface area (Å²) in [5.41, 5.74) is 3.06. The van der Waals surface area contributed by atoms with Crippen molar-refractivity contribution < 1.29 is 0 Å². The first-order valence-electron chi connectivity index (χ1n) is 7.63. The van der Waals surface area contributed by atoms with Crippen molar-refractivity contribution in [2.24, 2.45) is 0 Å². The molecule has 0 aliphatic carbocycles. The summed E-state index contributed by atoms with van der Waals surface area (Å²) < 4.78 is 0. The van der Waals surface area contributed by atoms with Crippen molar-refractivity contribution in [2.75, 3.05) is 19.6 Å². The van der Waals surface area contributed by atoms with Gasteiger partial charge in [-0.05, 0) is 39.7 Å². The van der Waals surface area contributed by atoms with Crippen LogP contribution in [0, 0.1) is 0 Å². The van der Waals surface area contributed by atoms with Crippen LogP contribution in [0.15, 0.2) is 42.0 Å². The minimum atomic E-state index is 0.235. The Kier molecular flexibility index (Phi) is 5.00. The number of hydrogen-bond acceptors (Lipinski definition) is 2. The Balaban J connectivity index is 1.99. The van der Waals surface area contributed by atoms with Gasteiger partial charge in [-0.2, -0.15) is 0 Å². The van der Waals surface area contributed by atoms with Crippen LogP contribution in [-0.4, -0.2) is 36.1 Å². The van der Waals surface area contributed by atoms with Crippen molar-refractivity contribution in [1.82, 2.24) is 10.2 Å². The first-order chi connectivity index (χ1) is 9.47. The summed E-state index contributed by atoms with van der Waals surface area (Å²) in [6.45, 7) is 12.2. The molecule has 2 rings (SSSR count). The molecule has 1 aromatic rings. The van der Waals surface area contributed by atoms with E-state index >= 15 is 0 Å². The van der Waals surface area contributed by atoms with E-state index < -0.39 is 0 Å². The van der Waals surface area contributed by atoms with Crippen molar-refractivity contribution >= 4 is 0 Å². The Morgan fingerprint density at radius 1 is 1.30 bits per heavy atom. The lowest BCUT2D eigenvalue weighted by Crippen LogP contribution is -2.62. The molecule has 1 aliphatic heterocycles. The van der Waals surface area contributed by atoms with Gasteiger partial charge in [-0.25, -0.2) is 0 Å². The summed E-state index contributed by atoms with van der Waals surface area (Å²) in [5.74, 6) is 0. The molecular weight excluding hydrogens is 244 g/mol. The molecule has 0 amide bonds. The van der Waals surface area contributed by atoms with Gasteiger partial charge >= 0.3 is 0 Å². The van der Waals surface area contributed by atoms with Crippen LogP contribution in [0.2, 0.25) is 0 Å². The summed E-state index contributed by atoms with van der Waals surface area (Å²) in [4.78, 5) is 2.60. The molecule has 0 saturated carbocycles. The van der Waals surface area contributed by atoms with Crippen LogP contribution in [0.25, 0.3) is 0 Å². The van der Waals surface area contributed by atoms with Crippen molar-refractivity contribution in [2.45, 2.75) is 45.7 Å². The molecule has 1 atom stereocenters. The zero-order chi connectivity index (χ0) is 14.6. The SMILES string of the molecule is CC(C)=CCN1CC(Cc2ccccc2)NCC1(C)C. The van der Waals surface area contributed by atoms with Gasteiger partial charge in [0.15, 0.2) is 0 Å². The second-order valence-electron chi connectivity index (χ2n) is 6.77. The second-order valence-corrected chi connectivity index (χ2v) is 6.77. The quantitative estimate of drug-likeness (QED) is 0.847. The van der Waals surface area contributed by atoms with Crippen LogP contribution >= 0.6 is 0 Å². The lowest BCUT2D eigenvalue weighted by molar-refractivity contribution is 0.0783. The van der Waals surface area contributed by atoms with Gasteiger partial charge in [0, 0.05) is 31.2 Å². The van der Waals surface area contributed by atoms with E-state index in [-0.39, 0.29) is 5.54 Å². The maximum Gasteiger partial charge on any atom is 0.0281 e. The molecule has 0 aromatic heterocycles. The lowest BCUT2D eigenvalue weighted by atomic mass is 9.94. The molecule has 1 fully saturated rings. The fourth-order valence-electron chi connectivity index (χ4n) is 2.73. The highest BCUT2D eigenvalue weighted by molar-refractivity contribution is 5.16. The Hall–Kier alpha value is -1.12. The number of rotatable bonds is 4. The number of piperazine rings is 1. The number of nitrogens with one attached hydrogen (secondary N) is 1. The summed E-state index contributed by atoms with van der Waals surface area (Å²) in [5, 5.41) is 3.71. The average molecular weight is 272 g/mol. The van der Waals surface area contributed by atoms with Crippen LogP contribution in [0.3, 0.4) is 0 Å². The highest BCUT2D eigenvalue weighted by Crippen LogP contribution is 2.20. The Morgan fingerprint density at radius 3 is 2.65 bits per heavy atom. The van der Waals surface area contributed by atoms with Crippen molar-refractivity contribution in [3.63, 3.8) is 0 Å². The third-order valence-corrected chi connectivity index (χ3v) is 4.17. The van der Waals surface area contributed by atoms with Gasteiger partial charge in [0.2, 0.25) is 0 Å². The van der Waals surface area contributed by atoms with Crippen molar-refractivity contribution in [1.29, 1.82) is 0 Å². The summed E-state index contributed by atoms with van der Waals surface area (Å²) in [7, 11) is 0. The minimum Gasteiger partial charge on any atom is -0.311 e. The first kappa shape index (κ1) is 15.3. The molecule has 1 heterocycles. The predicted octanol–water partition coefficient (Wildman–Crippen LogP) is 3.25. The van der Waals surface area contributed by atoms with Gasteiger partial charge in [0.1, 0.15) is 0 Å². The Morgan fingerprint density at radius 2 is 2.00 bits per heavy atom. The van der Waals surface area contributed by atoms with E-state index in [2.05, 4.69) is 74.3 Å². The molecule has 0 spiro atoms. The monoisotopic (exact) mass is 272 g/mol. The van der Waals surface area contributed by atoms with E-state index in [1.165, 1.54) is 11.1 Å². The highest BCUT2D eigenvalue weighted by atomic mass is 15.3. The van der Waals surface area contributed by atoms with Crippen molar-refractivity contribution in [3.8, 4) is 0 Å². The fraction of sp³-hybridized carbons (Fsp3) is 0.556. The minimum absolute atomic E-state index is 0.235. The first-order valence-corrected chi connectivity index (χ1v) is 7.63. The number of nitrogens with zero attached hydrogens (tertiary/aromatic N) is 1. The molecule has 1 aliphatic rings. The van der Waals surface area contributed by atoms with Crippen LogP contribution in [0.4, 0.5) is 0 Å². The van der Waals surface area contributed by atoms with Crippen LogP contribution < -0.4 is 5.32 Å². The summed E-state index contributed by atoms with van der Waals surface area (Å²) in [6.07, 6.45) is 3.45. The zero-order valence-electron chi connectivity index (χ0n) is 13.3. The maximum absolute atomic E-state index is 3.71. The van der Waals surface area contributed by atoms with E-state index in [0.717, 1.165) is 26.1 Å². The molecule has 110 valence electrons. The number of hydrogen-bond donors (Lipinski definition) is 1. The van der Waals surface area contributed by atoms with Gasteiger partial charge in [-0.1, -0.05) is 42.0 Å². The normalized spacial score (nSPS) is 22.5. The van der Waals surface area contributed by atoms with E-state index in [1.54, 1.807) is 0 Å². The zero-order valence-corrected chi connectivity index (χ0v) is 13.3. The van der Waals surface area contributed by atoms with E-state index in [0.29, 0.717) is 6.04 Å². The molecule has 1 saturated heterocycles. The van der Waals surface area contributed by atoms with Gasteiger partial charge in [-0.15, -0.1) is 0 Å². The average Bonchev–Trinajstić information content (AvgIpc) is 2.40. The summed E-state index contributed by atoms with van der Waals surface area (Å²) in [6, 6.07) is 11.3. The third-order valence-electron chi connectivity index (χ3n) is 4.17. The van der Waals surface area contributed by atoms with Gasteiger partial charge in [0.05, 0.1) is 0 Å². The second kappa shape index (κ2) is 6.55. The van der Waals surface area contributed by atoms with Crippen LogP contribution in [0.5, 0.6) is 0 Å². The lowest BCUT2D eigenvalue weighted by Gasteiger charge is -2.46. The van der Waals surface area contributed by atoms with E-state index in [1.807, 2.05) is 0 Å². The maximum atomic E-state index is 3.71. The summed E-state index contributed by atoms with van der Waals surface area (Å²) >= 11 is 0. The van der Waals surface area contributed by atoms with Crippen LogP contribution in [0.1, 0.15) is 33.3 Å². The Labute approximate surface area is 123 Å². The van der Waals surface area contributed by atoms with Crippen molar-refractivity contribution in [3.05, 3.63) is 47.5 Å². The van der Waals surface area contributed by atoms with Crippen LogP contribution in [-0.2, 0) is 6.42 Å². The number of benzene rings is 1. The van der Waals surface area contributed by atoms with Gasteiger partial charge in [-0.3, -0.25) is 4.90 Å². The predicted molar refractivity (Wildman–Crippen MR) is 87.0 cm³/mol. The number of allylic oxidation sites excluding steroid dienone is 1. The smallest absolute Gasteiger partial charge is 0.0281 e. The standard InChI is InChI=1S/C18H28N2/c1-15(2)10-11-20-13-17(19-14-18(20,3)4)12-16-8-6-5-7-9-16/h5-10,17,19H,11-14H2,1-4H3. The molecular formula is C18H28N2. The molecule has 20 heavy (non-hydrogen) atoms. The molecule has 0 bridgehead atoms. The molecule has 1 aromatic carbocycles. The Bertz CT molecular complexity index is 444. The molecule has 1 unspecified atom stereocenters. The van der Waals surface area contributed by atoms with Gasteiger partial charge < -0.3 is 5.32 Å².